The lowest BCUT2D eigenvalue weighted by molar-refractivity contribution is -0.122. The number of hydrogen-bond acceptors (Lipinski definition) is 4. The summed E-state index contributed by atoms with van der Waals surface area (Å²) >= 11 is 0. The molecule has 2 fully saturated rings. The molecule has 1 saturated carbocycles. The molecule has 5 heteroatoms. The number of benzene rings is 1. The number of carbonyl (C=O) groups is 1. The molecule has 0 radical (unpaired) electrons. The quantitative estimate of drug-likeness (QED) is 0.899. The Bertz CT molecular complexity index is 620. The second kappa shape index (κ2) is 7.67. The lowest BCUT2D eigenvalue weighted by atomic mass is 10.1. The number of para-hydroxylation sites is 1. The summed E-state index contributed by atoms with van der Waals surface area (Å²) in [6, 6.07) is 10.3. The van der Waals surface area contributed by atoms with Crippen LogP contribution in [0.2, 0.25) is 0 Å². The van der Waals surface area contributed by atoms with Gasteiger partial charge >= 0.3 is 0 Å². The molecule has 1 aliphatic heterocycles. The highest BCUT2D eigenvalue weighted by Gasteiger charge is 2.29. The molecule has 5 nitrogen and oxygen atoms in total. The summed E-state index contributed by atoms with van der Waals surface area (Å²) < 4.78 is 0. The summed E-state index contributed by atoms with van der Waals surface area (Å²) in [5.74, 6) is 0.830. The number of nitrogens with one attached hydrogen (secondary N) is 1. The molecule has 1 saturated heterocycles. The monoisotopic (exact) mass is 326 g/mol. The minimum atomic E-state index is 0.139. The van der Waals surface area contributed by atoms with E-state index in [4.69, 9.17) is 0 Å². The van der Waals surface area contributed by atoms with E-state index in [1.165, 1.54) is 12.8 Å². The first-order chi connectivity index (χ1) is 11.7. The maximum atomic E-state index is 12.2. The van der Waals surface area contributed by atoms with E-state index < -0.39 is 0 Å². The second-order valence-electron chi connectivity index (χ2n) is 6.94. The van der Waals surface area contributed by atoms with Gasteiger partial charge in [0.15, 0.2) is 0 Å². The largest absolute Gasteiger partial charge is 0.369 e. The molecule has 1 amide bonds. The van der Waals surface area contributed by atoms with Gasteiger partial charge < -0.3 is 10.2 Å². The molecule has 2 aliphatic rings. The molecule has 0 bridgehead atoms. The lowest BCUT2D eigenvalue weighted by Gasteiger charge is -2.24. The molecule has 24 heavy (non-hydrogen) atoms. The highest BCUT2D eigenvalue weighted by Crippen LogP contribution is 2.32. The van der Waals surface area contributed by atoms with Gasteiger partial charge in [-0.25, -0.2) is 0 Å². The summed E-state index contributed by atoms with van der Waals surface area (Å²) in [6.45, 7) is 6.14. The van der Waals surface area contributed by atoms with E-state index in [2.05, 4.69) is 28.1 Å². The fraction of sp³-hybridized carbons (Fsp3) is 0.579. The highest BCUT2D eigenvalue weighted by atomic mass is 16.2. The van der Waals surface area contributed by atoms with E-state index in [0.29, 0.717) is 18.5 Å². The minimum Gasteiger partial charge on any atom is -0.369 e. The van der Waals surface area contributed by atoms with Crippen LogP contribution in [-0.4, -0.2) is 49.6 Å². The minimum absolute atomic E-state index is 0.139. The van der Waals surface area contributed by atoms with Gasteiger partial charge in [-0.1, -0.05) is 12.1 Å². The van der Waals surface area contributed by atoms with Crippen molar-refractivity contribution in [1.29, 1.82) is 5.26 Å². The van der Waals surface area contributed by atoms with Crippen LogP contribution in [0.1, 0.15) is 31.7 Å². The average molecular weight is 326 g/mol. The maximum absolute atomic E-state index is 12.2. The number of rotatable bonds is 5. The van der Waals surface area contributed by atoms with Crippen molar-refractivity contribution in [3.05, 3.63) is 29.8 Å². The normalized spacial score (nSPS) is 20.1. The predicted octanol–water partition coefficient (Wildman–Crippen LogP) is 1.99. The molecule has 1 atom stereocenters. The molecule has 1 N–H and O–H groups in total. The first-order valence-corrected chi connectivity index (χ1v) is 8.93. The lowest BCUT2D eigenvalue weighted by Crippen LogP contribution is -2.43. The zero-order valence-corrected chi connectivity index (χ0v) is 14.4. The van der Waals surface area contributed by atoms with Crippen LogP contribution in [0.15, 0.2) is 24.3 Å². The molecule has 128 valence electrons. The van der Waals surface area contributed by atoms with Gasteiger partial charge in [0.2, 0.25) is 5.91 Å². The Balaban J connectivity index is 1.53. The standard InChI is InChI=1S/C19H26N4O/c1-15(16-7-8-16)21-19(24)14-22-9-4-10-23(12-11-22)18-6-3-2-5-17(18)13-20/h2-3,5-6,15-16H,4,7-12,14H2,1H3,(H,21,24)/t15-/m0/s1. The van der Waals surface area contributed by atoms with Gasteiger partial charge in [0.05, 0.1) is 17.8 Å². The molecule has 1 aromatic rings. The van der Waals surface area contributed by atoms with E-state index in [9.17, 15) is 10.1 Å². The Morgan fingerprint density at radius 2 is 2.08 bits per heavy atom. The second-order valence-corrected chi connectivity index (χ2v) is 6.94. The fourth-order valence-corrected chi connectivity index (χ4v) is 3.43. The molecule has 1 aromatic carbocycles. The van der Waals surface area contributed by atoms with Crippen LogP contribution < -0.4 is 10.2 Å². The van der Waals surface area contributed by atoms with Gasteiger partial charge in [0, 0.05) is 32.2 Å². The molecular formula is C19H26N4O. The predicted molar refractivity (Wildman–Crippen MR) is 94.8 cm³/mol. The van der Waals surface area contributed by atoms with Crippen LogP contribution in [0.5, 0.6) is 0 Å². The van der Waals surface area contributed by atoms with Crippen LogP contribution in [0.3, 0.4) is 0 Å². The number of nitrogens with zero attached hydrogens (tertiary/aromatic N) is 3. The van der Waals surface area contributed by atoms with Crippen LogP contribution in [0.25, 0.3) is 0 Å². The Hall–Kier alpha value is -2.06. The number of amides is 1. The van der Waals surface area contributed by atoms with Crippen molar-refractivity contribution in [2.24, 2.45) is 5.92 Å². The van der Waals surface area contributed by atoms with Crippen molar-refractivity contribution in [2.45, 2.75) is 32.2 Å². The van der Waals surface area contributed by atoms with Crippen LogP contribution in [0.4, 0.5) is 5.69 Å². The summed E-state index contributed by atoms with van der Waals surface area (Å²) in [7, 11) is 0. The summed E-state index contributed by atoms with van der Waals surface area (Å²) in [5.41, 5.74) is 1.73. The molecule has 0 unspecified atom stereocenters. The maximum Gasteiger partial charge on any atom is 0.234 e. The Morgan fingerprint density at radius 1 is 1.29 bits per heavy atom. The van der Waals surface area contributed by atoms with Crippen LogP contribution >= 0.6 is 0 Å². The van der Waals surface area contributed by atoms with Crippen molar-refractivity contribution in [1.82, 2.24) is 10.2 Å². The number of anilines is 1. The molecule has 1 aliphatic carbocycles. The Morgan fingerprint density at radius 3 is 2.83 bits per heavy atom. The first-order valence-electron chi connectivity index (χ1n) is 8.93. The third-order valence-corrected chi connectivity index (χ3v) is 5.04. The van der Waals surface area contributed by atoms with Gasteiger partial charge in [-0.15, -0.1) is 0 Å². The zero-order chi connectivity index (χ0) is 16.9. The Labute approximate surface area is 144 Å². The molecule has 1 heterocycles. The van der Waals surface area contributed by atoms with Crippen molar-refractivity contribution < 1.29 is 4.79 Å². The van der Waals surface area contributed by atoms with Gasteiger partial charge in [-0.2, -0.15) is 5.26 Å². The third kappa shape index (κ3) is 4.27. The van der Waals surface area contributed by atoms with Crippen LogP contribution in [-0.2, 0) is 4.79 Å². The van der Waals surface area contributed by atoms with E-state index in [-0.39, 0.29) is 5.91 Å². The number of nitriles is 1. The van der Waals surface area contributed by atoms with Crippen molar-refractivity contribution in [2.75, 3.05) is 37.6 Å². The first kappa shape index (κ1) is 16.8. The molecule has 0 spiro atoms. The molecule has 3 rings (SSSR count). The van der Waals surface area contributed by atoms with Gasteiger partial charge in [0.25, 0.3) is 0 Å². The SMILES string of the molecule is C[C@H](NC(=O)CN1CCCN(c2ccccc2C#N)CC1)C1CC1. The summed E-state index contributed by atoms with van der Waals surface area (Å²) in [6.07, 6.45) is 3.50. The van der Waals surface area contributed by atoms with Gasteiger partial charge in [-0.3, -0.25) is 9.69 Å². The third-order valence-electron chi connectivity index (χ3n) is 5.04. The van der Waals surface area contributed by atoms with Crippen molar-refractivity contribution in [3.63, 3.8) is 0 Å². The van der Waals surface area contributed by atoms with E-state index in [1.54, 1.807) is 0 Å². The Kier molecular flexibility index (Phi) is 5.37. The van der Waals surface area contributed by atoms with Crippen molar-refractivity contribution in [3.8, 4) is 6.07 Å². The fourth-order valence-electron chi connectivity index (χ4n) is 3.43. The summed E-state index contributed by atoms with van der Waals surface area (Å²) in [5, 5.41) is 12.4. The van der Waals surface area contributed by atoms with Gasteiger partial charge in [0.1, 0.15) is 6.07 Å². The number of carbonyl (C=O) groups excluding carboxylic acids is 1. The van der Waals surface area contributed by atoms with Crippen LogP contribution in [0, 0.1) is 17.2 Å². The van der Waals surface area contributed by atoms with E-state index in [1.807, 2.05) is 24.3 Å². The average Bonchev–Trinajstić information content (AvgIpc) is 3.42. The summed E-state index contributed by atoms with van der Waals surface area (Å²) in [4.78, 5) is 16.7. The molecule has 0 aromatic heterocycles. The zero-order valence-electron chi connectivity index (χ0n) is 14.4. The molecular weight excluding hydrogens is 300 g/mol. The smallest absolute Gasteiger partial charge is 0.234 e. The number of hydrogen-bond donors (Lipinski definition) is 1. The van der Waals surface area contributed by atoms with Gasteiger partial charge in [-0.05, 0) is 44.2 Å². The van der Waals surface area contributed by atoms with E-state index >= 15 is 0 Å². The van der Waals surface area contributed by atoms with E-state index in [0.717, 1.165) is 43.9 Å². The topological polar surface area (TPSA) is 59.4 Å². The highest BCUT2D eigenvalue weighted by molar-refractivity contribution is 5.78. The van der Waals surface area contributed by atoms with Crippen molar-refractivity contribution >= 4 is 11.6 Å².